The van der Waals surface area contributed by atoms with E-state index in [-0.39, 0.29) is 6.04 Å². The van der Waals surface area contributed by atoms with E-state index in [9.17, 15) is 0 Å². The van der Waals surface area contributed by atoms with Crippen molar-refractivity contribution in [3.05, 3.63) is 59.0 Å². The molecule has 0 saturated heterocycles. The van der Waals surface area contributed by atoms with Crippen molar-refractivity contribution in [1.82, 2.24) is 20.0 Å². The molecule has 7 heteroatoms. The molecule has 0 aliphatic rings. The maximum Gasteiger partial charge on any atom is 0.238 e. The first-order valence-corrected chi connectivity index (χ1v) is 7.87. The third-order valence-corrected chi connectivity index (χ3v) is 3.68. The Morgan fingerprint density at radius 3 is 2.74 bits per heavy atom. The normalized spacial score (nSPS) is 12.3. The Hall–Kier alpha value is -2.34. The third-order valence-electron chi connectivity index (χ3n) is 3.43. The molecule has 0 spiro atoms. The maximum absolute atomic E-state index is 5.89. The molecule has 0 fully saturated rings. The number of nitrogens with zero attached hydrogens (tertiary/aromatic N) is 4. The molecule has 120 valence electrons. The van der Waals surface area contributed by atoms with Gasteiger partial charge in [0.1, 0.15) is 6.04 Å². The summed E-state index contributed by atoms with van der Waals surface area (Å²) in [5.74, 6) is 1.22. The van der Waals surface area contributed by atoms with Gasteiger partial charge in [-0.05, 0) is 24.6 Å². The van der Waals surface area contributed by atoms with Crippen LogP contribution >= 0.6 is 11.6 Å². The second kappa shape index (κ2) is 6.83. The number of rotatable bonds is 6. The SMILES string of the molecule is CCc1nnc([C@H](C)Nc2cnn(Cc3ccc(Cl)cc3)c2)o1. The number of aromatic nitrogens is 4. The summed E-state index contributed by atoms with van der Waals surface area (Å²) in [4.78, 5) is 0. The largest absolute Gasteiger partial charge is 0.423 e. The highest BCUT2D eigenvalue weighted by Gasteiger charge is 2.13. The van der Waals surface area contributed by atoms with Crippen molar-refractivity contribution in [2.24, 2.45) is 0 Å². The summed E-state index contributed by atoms with van der Waals surface area (Å²) < 4.78 is 7.42. The zero-order chi connectivity index (χ0) is 16.2. The summed E-state index contributed by atoms with van der Waals surface area (Å²) in [5.41, 5.74) is 2.05. The molecular weight excluding hydrogens is 314 g/mol. The zero-order valence-corrected chi connectivity index (χ0v) is 13.8. The summed E-state index contributed by atoms with van der Waals surface area (Å²) in [5, 5.41) is 16.4. The lowest BCUT2D eigenvalue weighted by Crippen LogP contribution is -2.06. The monoisotopic (exact) mass is 331 g/mol. The predicted octanol–water partition coefficient (Wildman–Crippen LogP) is 3.70. The van der Waals surface area contributed by atoms with Crippen molar-refractivity contribution >= 4 is 17.3 Å². The van der Waals surface area contributed by atoms with Crippen LogP contribution in [-0.2, 0) is 13.0 Å². The van der Waals surface area contributed by atoms with Crippen molar-refractivity contribution in [3.8, 4) is 0 Å². The van der Waals surface area contributed by atoms with Gasteiger partial charge >= 0.3 is 0 Å². The van der Waals surface area contributed by atoms with E-state index in [2.05, 4.69) is 20.6 Å². The quantitative estimate of drug-likeness (QED) is 0.745. The zero-order valence-electron chi connectivity index (χ0n) is 13.0. The van der Waals surface area contributed by atoms with Gasteiger partial charge in [0.15, 0.2) is 0 Å². The lowest BCUT2D eigenvalue weighted by Gasteiger charge is -2.08. The number of benzene rings is 1. The average molecular weight is 332 g/mol. The minimum Gasteiger partial charge on any atom is -0.423 e. The van der Waals surface area contributed by atoms with Crippen LogP contribution in [0.3, 0.4) is 0 Å². The Balaban J connectivity index is 1.63. The molecule has 3 rings (SSSR count). The van der Waals surface area contributed by atoms with Crippen LogP contribution in [0.15, 0.2) is 41.1 Å². The molecule has 23 heavy (non-hydrogen) atoms. The van der Waals surface area contributed by atoms with Crippen LogP contribution in [-0.4, -0.2) is 20.0 Å². The number of aryl methyl sites for hydroxylation is 1. The first kappa shape index (κ1) is 15.6. The van der Waals surface area contributed by atoms with Crippen molar-refractivity contribution in [1.29, 1.82) is 0 Å². The van der Waals surface area contributed by atoms with Gasteiger partial charge in [-0.25, -0.2) is 0 Å². The van der Waals surface area contributed by atoms with Crippen LogP contribution in [0.25, 0.3) is 0 Å². The molecule has 0 amide bonds. The van der Waals surface area contributed by atoms with Crippen LogP contribution in [0.2, 0.25) is 5.02 Å². The van der Waals surface area contributed by atoms with Crippen molar-refractivity contribution in [3.63, 3.8) is 0 Å². The Labute approximate surface area is 139 Å². The van der Waals surface area contributed by atoms with Gasteiger partial charge in [0.05, 0.1) is 18.4 Å². The van der Waals surface area contributed by atoms with Crippen LogP contribution in [0, 0.1) is 0 Å². The van der Waals surface area contributed by atoms with Gasteiger partial charge in [-0.3, -0.25) is 4.68 Å². The Kier molecular flexibility index (Phi) is 4.62. The number of hydrogen-bond acceptors (Lipinski definition) is 5. The van der Waals surface area contributed by atoms with E-state index < -0.39 is 0 Å². The van der Waals surface area contributed by atoms with E-state index in [4.69, 9.17) is 16.0 Å². The Bertz CT molecular complexity index is 765. The maximum atomic E-state index is 5.89. The summed E-state index contributed by atoms with van der Waals surface area (Å²) in [6, 6.07) is 7.66. The molecule has 3 aromatic rings. The molecule has 1 aromatic carbocycles. The molecule has 0 aliphatic carbocycles. The molecule has 0 aliphatic heterocycles. The molecule has 2 aromatic heterocycles. The molecule has 0 saturated carbocycles. The van der Waals surface area contributed by atoms with E-state index in [1.54, 1.807) is 6.20 Å². The standard InChI is InChI=1S/C16H18ClN5O/c1-3-15-20-21-16(23-15)11(2)19-14-8-18-22(10-14)9-12-4-6-13(17)7-5-12/h4-8,10-11,19H,3,9H2,1-2H3/t11-/m0/s1. The topological polar surface area (TPSA) is 68.8 Å². The molecule has 0 radical (unpaired) electrons. The molecule has 1 atom stereocenters. The van der Waals surface area contributed by atoms with E-state index in [0.29, 0.717) is 18.3 Å². The molecule has 2 heterocycles. The summed E-state index contributed by atoms with van der Waals surface area (Å²) in [6.45, 7) is 4.65. The highest BCUT2D eigenvalue weighted by molar-refractivity contribution is 6.30. The fourth-order valence-corrected chi connectivity index (χ4v) is 2.32. The minimum absolute atomic E-state index is 0.0732. The van der Waals surface area contributed by atoms with E-state index >= 15 is 0 Å². The minimum atomic E-state index is -0.0732. The van der Waals surface area contributed by atoms with Gasteiger partial charge in [0, 0.05) is 17.6 Å². The first-order chi connectivity index (χ1) is 11.1. The van der Waals surface area contributed by atoms with Crippen molar-refractivity contribution in [2.45, 2.75) is 32.9 Å². The van der Waals surface area contributed by atoms with Gasteiger partial charge in [0.25, 0.3) is 0 Å². The molecule has 0 bridgehead atoms. The third kappa shape index (κ3) is 3.90. The van der Waals surface area contributed by atoms with E-state index in [0.717, 1.165) is 22.7 Å². The van der Waals surface area contributed by atoms with Crippen LogP contribution in [0.4, 0.5) is 5.69 Å². The van der Waals surface area contributed by atoms with Crippen LogP contribution in [0.1, 0.15) is 37.2 Å². The van der Waals surface area contributed by atoms with Gasteiger partial charge in [-0.2, -0.15) is 5.10 Å². The number of hydrogen-bond donors (Lipinski definition) is 1. The Morgan fingerprint density at radius 1 is 1.26 bits per heavy atom. The molecule has 1 N–H and O–H groups in total. The summed E-state index contributed by atoms with van der Waals surface area (Å²) >= 11 is 5.89. The van der Waals surface area contributed by atoms with Crippen LogP contribution < -0.4 is 5.32 Å². The lowest BCUT2D eigenvalue weighted by molar-refractivity contribution is 0.439. The second-order valence-corrected chi connectivity index (χ2v) is 5.74. The van der Waals surface area contributed by atoms with Gasteiger partial charge in [-0.15, -0.1) is 10.2 Å². The van der Waals surface area contributed by atoms with Crippen LogP contribution in [0.5, 0.6) is 0 Å². The summed E-state index contributed by atoms with van der Waals surface area (Å²) in [6.07, 6.45) is 4.46. The highest BCUT2D eigenvalue weighted by Crippen LogP contribution is 2.18. The van der Waals surface area contributed by atoms with Gasteiger partial charge in [0.2, 0.25) is 11.8 Å². The fourth-order valence-electron chi connectivity index (χ4n) is 2.20. The molecule has 6 nitrogen and oxygen atoms in total. The number of nitrogens with one attached hydrogen (secondary N) is 1. The smallest absolute Gasteiger partial charge is 0.238 e. The lowest BCUT2D eigenvalue weighted by atomic mass is 10.2. The van der Waals surface area contributed by atoms with Gasteiger partial charge in [-0.1, -0.05) is 30.7 Å². The fraction of sp³-hybridized carbons (Fsp3) is 0.312. The summed E-state index contributed by atoms with van der Waals surface area (Å²) in [7, 11) is 0. The van der Waals surface area contributed by atoms with Crippen molar-refractivity contribution < 1.29 is 4.42 Å². The van der Waals surface area contributed by atoms with Crippen molar-refractivity contribution in [2.75, 3.05) is 5.32 Å². The Morgan fingerprint density at radius 2 is 2.04 bits per heavy atom. The van der Waals surface area contributed by atoms with E-state index in [1.165, 1.54) is 0 Å². The molecule has 0 unspecified atom stereocenters. The molecular formula is C16H18ClN5O. The van der Waals surface area contributed by atoms with E-state index in [1.807, 2.05) is 49.0 Å². The first-order valence-electron chi connectivity index (χ1n) is 7.49. The average Bonchev–Trinajstić information content (AvgIpc) is 3.19. The van der Waals surface area contributed by atoms with Gasteiger partial charge < -0.3 is 9.73 Å². The number of anilines is 1. The predicted molar refractivity (Wildman–Crippen MR) is 88.5 cm³/mol. The number of halogens is 1. The highest BCUT2D eigenvalue weighted by atomic mass is 35.5. The second-order valence-electron chi connectivity index (χ2n) is 5.31.